The molecule has 5 rings (SSSR count). The van der Waals surface area contributed by atoms with Crippen LogP contribution in [0.25, 0.3) is 0 Å². The second-order valence-corrected chi connectivity index (χ2v) is 10.9. The molecule has 0 aromatic heterocycles. The molecular weight excluding hydrogens is 340 g/mol. The molecule has 0 N–H and O–H groups in total. The van der Waals surface area contributed by atoms with E-state index in [1.165, 1.54) is 122 Å². The number of rotatable bonds is 0. The number of hydrogen-bond donors (Lipinski definition) is 0. The summed E-state index contributed by atoms with van der Waals surface area (Å²) >= 11 is 0. The van der Waals surface area contributed by atoms with Gasteiger partial charge >= 0.3 is 0 Å². The van der Waals surface area contributed by atoms with E-state index in [2.05, 4.69) is 4.90 Å². The lowest BCUT2D eigenvalue weighted by Crippen LogP contribution is -2.59. The van der Waals surface area contributed by atoms with Crippen molar-refractivity contribution in [2.75, 3.05) is 0 Å². The normalized spacial score (nSPS) is 42.6. The fraction of sp³-hybridized carbons (Fsp3) is 0.962. The lowest BCUT2D eigenvalue weighted by molar-refractivity contribution is 0.0443. The van der Waals surface area contributed by atoms with Gasteiger partial charge in [0.2, 0.25) is 0 Å². The van der Waals surface area contributed by atoms with Gasteiger partial charge in [-0.15, -0.1) is 0 Å². The highest BCUT2D eigenvalue weighted by Crippen LogP contribution is 2.49. The molecule has 2 heterocycles. The van der Waals surface area contributed by atoms with E-state index in [1.807, 2.05) is 0 Å². The van der Waals surface area contributed by atoms with Crippen molar-refractivity contribution in [1.82, 2.24) is 4.90 Å². The Kier molecular flexibility index (Phi) is 6.31. The summed E-state index contributed by atoms with van der Waals surface area (Å²) in [6, 6.07) is 2.25. The molecule has 6 unspecified atom stereocenters. The van der Waals surface area contributed by atoms with E-state index in [4.69, 9.17) is 4.99 Å². The molecule has 4 fully saturated rings. The largest absolute Gasteiger partial charge is 0.352 e. The summed E-state index contributed by atoms with van der Waals surface area (Å²) in [4.78, 5) is 8.66. The third-order valence-electron chi connectivity index (χ3n) is 9.20. The predicted octanol–water partition coefficient (Wildman–Crippen LogP) is 7.12. The molecule has 3 saturated carbocycles. The molecule has 28 heavy (non-hydrogen) atoms. The number of nitrogens with zero attached hydrogens (tertiary/aromatic N) is 2. The van der Waals surface area contributed by atoms with Crippen molar-refractivity contribution in [3.8, 4) is 0 Å². The molecule has 0 aromatic carbocycles. The Morgan fingerprint density at radius 1 is 0.500 bits per heavy atom. The van der Waals surface area contributed by atoms with Crippen molar-refractivity contribution >= 4 is 5.84 Å². The molecule has 5 aliphatic rings. The van der Waals surface area contributed by atoms with Crippen LogP contribution in [-0.4, -0.2) is 28.9 Å². The Balaban J connectivity index is 1.49. The quantitative estimate of drug-likeness (QED) is 0.434. The van der Waals surface area contributed by atoms with Crippen molar-refractivity contribution in [3.63, 3.8) is 0 Å². The molecule has 2 aliphatic heterocycles. The van der Waals surface area contributed by atoms with E-state index in [0.717, 1.165) is 29.8 Å². The maximum atomic E-state index is 5.62. The SMILES string of the molecule is C1CCCC2N=C3C4CCCCCCC4C4CCCCCCC4N3C2CCC1. The van der Waals surface area contributed by atoms with Gasteiger partial charge in [-0.05, 0) is 50.4 Å². The van der Waals surface area contributed by atoms with Crippen LogP contribution in [-0.2, 0) is 0 Å². The Morgan fingerprint density at radius 3 is 1.79 bits per heavy atom. The summed E-state index contributed by atoms with van der Waals surface area (Å²) in [6.07, 6.45) is 27.9. The van der Waals surface area contributed by atoms with Gasteiger partial charge in [0.25, 0.3) is 0 Å². The lowest BCUT2D eigenvalue weighted by Gasteiger charge is -2.53. The minimum absolute atomic E-state index is 0.642. The van der Waals surface area contributed by atoms with E-state index in [0.29, 0.717) is 6.04 Å². The number of aliphatic imine (C=N–C) groups is 1. The molecule has 158 valence electrons. The summed E-state index contributed by atoms with van der Waals surface area (Å²) in [5, 5.41) is 0. The zero-order chi connectivity index (χ0) is 18.8. The topological polar surface area (TPSA) is 15.6 Å². The monoisotopic (exact) mass is 384 g/mol. The van der Waals surface area contributed by atoms with Crippen molar-refractivity contribution in [3.05, 3.63) is 0 Å². The highest BCUT2D eigenvalue weighted by Gasteiger charge is 2.51. The number of amidine groups is 1. The highest BCUT2D eigenvalue weighted by molar-refractivity contribution is 5.88. The number of piperidine rings is 1. The van der Waals surface area contributed by atoms with Crippen LogP contribution in [0.2, 0.25) is 0 Å². The van der Waals surface area contributed by atoms with Gasteiger partial charge in [0.15, 0.2) is 0 Å². The molecule has 6 atom stereocenters. The minimum atomic E-state index is 0.642. The van der Waals surface area contributed by atoms with Gasteiger partial charge < -0.3 is 4.90 Å². The summed E-state index contributed by atoms with van der Waals surface area (Å²) in [6.45, 7) is 0. The zero-order valence-corrected chi connectivity index (χ0v) is 18.3. The van der Waals surface area contributed by atoms with Crippen molar-refractivity contribution in [2.45, 2.75) is 140 Å². The molecule has 3 aliphatic carbocycles. The zero-order valence-electron chi connectivity index (χ0n) is 18.3. The lowest BCUT2D eigenvalue weighted by atomic mass is 9.64. The van der Waals surface area contributed by atoms with Crippen LogP contribution in [0.15, 0.2) is 4.99 Å². The van der Waals surface area contributed by atoms with E-state index in [-0.39, 0.29) is 0 Å². The first kappa shape index (κ1) is 19.4. The fourth-order valence-corrected chi connectivity index (χ4v) is 7.89. The third kappa shape index (κ3) is 3.79. The van der Waals surface area contributed by atoms with Crippen molar-refractivity contribution < 1.29 is 0 Å². The minimum Gasteiger partial charge on any atom is -0.352 e. The predicted molar refractivity (Wildman–Crippen MR) is 119 cm³/mol. The van der Waals surface area contributed by atoms with Crippen LogP contribution in [0.3, 0.4) is 0 Å². The van der Waals surface area contributed by atoms with Crippen molar-refractivity contribution in [1.29, 1.82) is 0 Å². The first-order valence-corrected chi connectivity index (χ1v) is 13.3. The van der Waals surface area contributed by atoms with Gasteiger partial charge in [-0.25, -0.2) is 0 Å². The van der Waals surface area contributed by atoms with Crippen molar-refractivity contribution in [2.24, 2.45) is 22.7 Å². The average Bonchev–Trinajstić information content (AvgIpc) is 3.04. The van der Waals surface area contributed by atoms with Gasteiger partial charge in [-0.3, -0.25) is 4.99 Å². The highest BCUT2D eigenvalue weighted by atomic mass is 15.3. The molecule has 0 spiro atoms. The molecular formula is C26H44N2. The Bertz CT molecular complexity index is 541. The van der Waals surface area contributed by atoms with Crippen LogP contribution < -0.4 is 0 Å². The molecule has 0 bridgehead atoms. The van der Waals surface area contributed by atoms with Gasteiger partial charge in [-0.2, -0.15) is 0 Å². The maximum Gasteiger partial charge on any atom is 0.103 e. The number of hydrogen-bond acceptors (Lipinski definition) is 2. The van der Waals surface area contributed by atoms with Crippen LogP contribution in [0.4, 0.5) is 0 Å². The van der Waals surface area contributed by atoms with Gasteiger partial charge in [0.05, 0.1) is 12.1 Å². The Labute approximate surface area is 173 Å². The smallest absolute Gasteiger partial charge is 0.103 e. The van der Waals surface area contributed by atoms with Crippen LogP contribution >= 0.6 is 0 Å². The second-order valence-electron chi connectivity index (χ2n) is 10.9. The summed E-state index contributed by atoms with van der Waals surface area (Å²) < 4.78 is 0. The standard InChI is InChI=1S/C26H44N2/c1-2-11-17-23-25(19-13-3-1)28-24-18-12-7-6-9-15-21(24)20-14-8-4-5-10-16-22(20)26(28)27-23/h20-25H,1-19H2. The van der Waals surface area contributed by atoms with Gasteiger partial charge in [0, 0.05) is 12.0 Å². The van der Waals surface area contributed by atoms with E-state index < -0.39 is 0 Å². The third-order valence-corrected chi connectivity index (χ3v) is 9.20. The molecule has 0 aromatic rings. The molecule has 0 amide bonds. The Hall–Kier alpha value is -0.530. The Morgan fingerprint density at radius 2 is 1.04 bits per heavy atom. The molecule has 2 nitrogen and oxygen atoms in total. The summed E-state index contributed by atoms with van der Waals surface area (Å²) in [5.41, 5.74) is 0. The molecule has 2 heteroatoms. The van der Waals surface area contributed by atoms with Gasteiger partial charge in [0.1, 0.15) is 5.84 Å². The van der Waals surface area contributed by atoms with E-state index in [1.54, 1.807) is 5.84 Å². The van der Waals surface area contributed by atoms with Gasteiger partial charge in [-0.1, -0.05) is 83.5 Å². The second kappa shape index (κ2) is 9.09. The first-order chi connectivity index (χ1) is 13.9. The number of fused-ring (bicyclic) bond motifs is 8. The maximum absolute atomic E-state index is 5.62. The van der Waals surface area contributed by atoms with Crippen LogP contribution in [0.5, 0.6) is 0 Å². The van der Waals surface area contributed by atoms with E-state index in [9.17, 15) is 0 Å². The van der Waals surface area contributed by atoms with Crippen LogP contribution in [0, 0.1) is 17.8 Å². The molecule has 0 radical (unpaired) electrons. The summed E-state index contributed by atoms with van der Waals surface area (Å²) in [5.74, 6) is 4.40. The average molecular weight is 385 g/mol. The van der Waals surface area contributed by atoms with E-state index >= 15 is 0 Å². The fourth-order valence-electron chi connectivity index (χ4n) is 7.89. The molecule has 1 saturated heterocycles. The summed E-state index contributed by atoms with van der Waals surface area (Å²) in [7, 11) is 0. The first-order valence-electron chi connectivity index (χ1n) is 13.3. The van der Waals surface area contributed by atoms with Crippen LogP contribution in [0.1, 0.15) is 122 Å².